The first kappa shape index (κ1) is 16.0. The van der Waals surface area contributed by atoms with E-state index in [1.165, 1.54) is 0 Å². The molecule has 0 amide bonds. The third-order valence-electron chi connectivity index (χ3n) is 3.49. The Morgan fingerprint density at radius 2 is 2.04 bits per heavy atom. The van der Waals surface area contributed by atoms with Crippen molar-refractivity contribution in [3.8, 4) is 11.5 Å². The van der Waals surface area contributed by atoms with E-state index in [1.54, 1.807) is 18.7 Å². The molecule has 3 rings (SSSR count). The largest absolute Gasteiger partial charge is 0.354 e. The fourth-order valence-electron chi connectivity index (χ4n) is 2.29. The maximum atomic E-state index is 5.32. The zero-order chi connectivity index (χ0) is 16.9. The van der Waals surface area contributed by atoms with Crippen molar-refractivity contribution >= 4 is 5.82 Å². The van der Waals surface area contributed by atoms with Gasteiger partial charge in [0.1, 0.15) is 12.1 Å². The van der Waals surface area contributed by atoms with E-state index >= 15 is 0 Å². The summed E-state index contributed by atoms with van der Waals surface area (Å²) in [6.07, 6.45) is 5.83. The highest BCUT2D eigenvalue weighted by atomic mass is 16.5. The van der Waals surface area contributed by atoms with Crippen molar-refractivity contribution in [3.63, 3.8) is 0 Å². The normalized spacial score (nSPS) is 11.0. The van der Waals surface area contributed by atoms with Gasteiger partial charge in [-0.25, -0.2) is 15.0 Å². The predicted molar refractivity (Wildman–Crippen MR) is 90.2 cm³/mol. The maximum absolute atomic E-state index is 5.32. The average molecular weight is 324 g/mol. The minimum absolute atomic E-state index is 0.492. The highest BCUT2D eigenvalue weighted by Crippen LogP contribution is 2.20. The van der Waals surface area contributed by atoms with Crippen molar-refractivity contribution in [1.29, 1.82) is 0 Å². The molecule has 0 bridgehead atoms. The van der Waals surface area contributed by atoms with Gasteiger partial charge in [-0.15, -0.1) is 0 Å². The Morgan fingerprint density at radius 3 is 2.71 bits per heavy atom. The van der Waals surface area contributed by atoms with E-state index in [-0.39, 0.29) is 0 Å². The second-order valence-electron chi connectivity index (χ2n) is 6.08. The molecule has 0 atom stereocenters. The second-order valence-corrected chi connectivity index (χ2v) is 6.08. The van der Waals surface area contributed by atoms with Gasteiger partial charge in [0.25, 0.3) is 5.89 Å². The molecule has 124 valence electrons. The van der Waals surface area contributed by atoms with Crippen LogP contribution in [0.15, 0.2) is 41.4 Å². The van der Waals surface area contributed by atoms with Gasteiger partial charge in [-0.1, -0.05) is 19.0 Å². The molecule has 3 aromatic rings. The zero-order valence-corrected chi connectivity index (χ0v) is 14.0. The third-order valence-corrected chi connectivity index (χ3v) is 3.49. The molecular formula is C17H20N6O. The highest BCUT2D eigenvalue weighted by Gasteiger charge is 2.11. The summed E-state index contributed by atoms with van der Waals surface area (Å²) >= 11 is 0. The Hall–Kier alpha value is -2.83. The van der Waals surface area contributed by atoms with Gasteiger partial charge in [0.15, 0.2) is 5.82 Å². The summed E-state index contributed by atoms with van der Waals surface area (Å²) in [7, 11) is 1.97. The monoisotopic (exact) mass is 324 g/mol. The molecule has 0 radical (unpaired) electrons. The van der Waals surface area contributed by atoms with Crippen LogP contribution in [0.2, 0.25) is 0 Å². The predicted octanol–water partition coefficient (Wildman–Crippen LogP) is 2.76. The first-order valence-corrected chi connectivity index (χ1v) is 7.87. The Labute approximate surface area is 140 Å². The summed E-state index contributed by atoms with van der Waals surface area (Å²) in [5.41, 5.74) is 1.75. The van der Waals surface area contributed by atoms with Crippen LogP contribution in [0.1, 0.15) is 25.4 Å². The minimum atomic E-state index is 0.492. The number of rotatable bonds is 6. The molecule has 24 heavy (non-hydrogen) atoms. The van der Waals surface area contributed by atoms with Crippen LogP contribution in [-0.4, -0.2) is 32.1 Å². The summed E-state index contributed by atoms with van der Waals surface area (Å²) in [4.78, 5) is 19.1. The van der Waals surface area contributed by atoms with Gasteiger partial charge in [0.2, 0.25) is 0 Å². The van der Waals surface area contributed by atoms with Crippen LogP contribution in [0.5, 0.6) is 0 Å². The van der Waals surface area contributed by atoms with Gasteiger partial charge in [0, 0.05) is 25.9 Å². The van der Waals surface area contributed by atoms with Gasteiger partial charge < -0.3 is 9.42 Å². The van der Waals surface area contributed by atoms with Gasteiger partial charge in [-0.3, -0.25) is 0 Å². The molecule has 0 saturated carbocycles. The number of hydrogen-bond donors (Lipinski definition) is 0. The fraction of sp³-hybridized carbons (Fsp3) is 0.353. The lowest BCUT2D eigenvalue weighted by Crippen LogP contribution is -2.18. The van der Waals surface area contributed by atoms with Crippen molar-refractivity contribution in [2.24, 2.45) is 5.92 Å². The fourth-order valence-corrected chi connectivity index (χ4v) is 2.29. The van der Waals surface area contributed by atoms with Crippen LogP contribution in [0.4, 0.5) is 5.82 Å². The van der Waals surface area contributed by atoms with Crippen molar-refractivity contribution < 1.29 is 4.52 Å². The summed E-state index contributed by atoms with van der Waals surface area (Å²) in [6, 6.07) is 5.76. The van der Waals surface area contributed by atoms with Crippen LogP contribution in [0, 0.1) is 5.92 Å². The molecule has 0 N–H and O–H groups in total. The lowest BCUT2D eigenvalue weighted by molar-refractivity contribution is 0.417. The summed E-state index contributed by atoms with van der Waals surface area (Å²) < 4.78 is 5.32. The van der Waals surface area contributed by atoms with Gasteiger partial charge >= 0.3 is 0 Å². The average Bonchev–Trinajstić information content (AvgIpc) is 3.03. The smallest absolute Gasteiger partial charge is 0.259 e. The standard InChI is InChI=1S/C17H20N6O/c1-12(2)8-15-21-17(24-22-15)13-4-5-16(19-9-13)23(3)10-14-6-7-18-11-20-14/h4-7,9,11-12H,8,10H2,1-3H3. The lowest BCUT2D eigenvalue weighted by atomic mass is 10.1. The number of nitrogens with zero attached hydrogens (tertiary/aromatic N) is 6. The van der Waals surface area contributed by atoms with Crippen molar-refractivity contribution in [2.75, 3.05) is 11.9 Å². The van der Waals surface area contributed by atoms with Crippen molar-refractivity contribution in [3.05, 3.63) is 48.4 Å². The molecule has 0 spiro atoms. The van der Waals surface area contributed by atoms with Gasteiger partial charge in [-0.2, -0.15) is 4.98 Å². The summed E-state index contributed by atoms with van der Waals surface area (Å²) in [5, 5.41) is 4.01. The van der Waals surface area contributed by atoms with E-state index in [4.69, 9.17) is 4.52 Å². The Morgan fingerprint density at radius 1 is 1.17 bits per heavy atom. The first-order valence-electron chi connectivity index (χ1n) is 7.87. The van der Waals surface area contributed by atoms with Crippen LogP contribution < -0.4 is 4.90 Å². The van der Waals surface area contributed by atoms with E-state index < -0.39 is 0 Å². The van der Waals surface area contributed by atoms with Crippen LogP contribution in [0.3, 0.4) is 0 Å². The molecule has 3 heterocycles. The van der Waals surface area contributed by atoms with Gasteiger partial charge in [0.05, 0.1) is 17.8 Å². The van der Waals surface area contributed by atoms with E-state index in [0.29, 0.717) is 18.4 Å². The molecule has 0 aromatic carbocycles. The Balaban J connectivity index is 1.69. The second kappa shape index (κ2) is 7.16. The molecule has 3 aromatic heterocycles. The van der Waals surface area contributed by atoms with Gasteiger partial charge in [-0.05, 0) is 24.1 Å². The zero-order valence-electron chi connectivity index (χ0n) is 14.0. The molecule has 7 nitrogen and oxygen atoms in total. The molecular weight excluding hydrogens is 304 g/mol. The number of anilines is 1. The van der Waals surface area contributed by atoms with Crippen molar-refractivity contribution in [1.82, 2.24) is 25.1 Å². The molecule has 0 saturated heterocycles. The lowest BCUT2D eigenvalue weighted by Gasteiger charge is -2.17. The minimum Gasteiger partial charge on any atom is -0.354 e. The molecule has 0 fully saturated rings. The van der Waals surface area contributed by atoms with E-state index in [0.717, 1.165) is 29.3 Å². The van der Waals surface area contributed by atoms with E-state index in [9.17, 15) is 0 Å². The number of aromatic nitrogens is 5. The molecule has 7 heteroatoms. The van der Waals surface area contributed by atoms with Crippen molar-refractivity contribution in [2.45, 2.75) is 26.8 Å². The summed E-state index contributed by atoms with van der Waals surface area (Å²) in [5.74, 6) is 2.57. The highest BCUT2D eigenvalue weighted by molar-refractivity contribution is 5.54. The summed E-state index contributed by atoms with van der Waals surface area (Å²) in [6.45, 7) is 4.91. The number of pyridine rings is 1. The molecule has 0 aliphatic rings. The van der Waals surface area contributed by atoms with Crippen LogP contribution in [0.25, 0.3) is 11.5 Å². The maximum Gasteiger partial charge on any atom is 0.259 e. The quantitative estimate of drug-likeness (QED) is 0.689. The molecule has 0 unspecified atom stereocenters. The molecule has 0 aliphatic carbocycles. The topological polar surface area (TPSA) is 80.8 Å². The third kappa shape index (κ3) is 3.92. The van der Waals surface area contributed by atoms with Crippen LogP contribution in [-0.2, 0) is 13.0 Å². The SMILES string of the molecule is CC(C)Cc1noc(-c2ccc(N(C)Cc3ccncn3)nc2)n1. The first-order chi connectivity index (χ1) is 11.6. The Kier molecular flexibility index (Phi) is 4.79. The van der Waals surface area contributed by atoms with E-state index in [1.807, 2.05) is 30.1 Å². The number of hydrogen-bond acceptors (Lipinski definition) is 7. The Bertz CT molecular complexity index is 769. The van der Waals surface area contributed by atoms with E-state index in [2.05, 4.69) is 38.9 Å². The molecule has 0 aliphatic heterocycles. The van der Waals surface area contributed by atoms with Crippen LogP contribution >= 0.6 is 0 Å².